The van der Waals surface area contributed by atoms with E-state index in [1.54, 1.807) is 37.3 Å². The molecule has 6 nitrogen and oxygen atoms in total. The number of rotatable bonds is 4. The highest BCUT2D eigenvalue weighted by molar-refractivity contribution is 6.30. The molecule has 0 fully saturated rings. The van der Waals surface area contributed by atoms with Gasteiger partial charge in [-0.25, -0.2) is 9.97 Å². The third-order valence-corrected chi connectivity index (χ3v) is 3.87. The van der Waals surface area contributed by atoms with Crippen LogP contribution in [0.3, 0.4) is 0 Å². The molecule has 1 aromatic heterocycles. The zero-order valence-corrected chi connectivity index (χ0v) is 15.4. The predicted molar refractivity (Wildman–Crippen MR) is 97.1 cm³/mol. The lowest BCUT2D eigenvalue weighted by Gasteiger charge is -2.28. The van der Waals surface area contributed by atoms with E-state index in [0.29, 0.717) is 16.5 Å². The number of carbonyl (C=O) groups excluding carboxylic acids is 2. The number of nitrogens with one attached hydrogen (secondary N) is 1. The molecule has 0 aliphatic heterocycles. The summed E-state index contributed by atoms with van der Waals surface area (Å²) in [5.74, 6) is -0.655. The second-order valence-electron chi connectivity index (χ2n) is 6.90. The maximum absolute atomic E-state index is 12.6. The molecule has 2 aromatic rings. The molecule has 2 rings (SSSR count). The second-order valence-corrected chi connectivity index (χ2v) is 7.34. The van der Waals surface area contributed by atoms with Crippen LogP contribution < -0.4 is 11.1 Å². The molecule has 1 aromatic carbocycles. The molecule has 0 radical (unpaired) electrons. The minimum absolute atomic E-state index is 0.174. The van der Waals surface area contributed by atoms with Gasteiger partial charge in [0.2, 0.25) is 5.91 Å². The molecule has 3 N–H and O–H groups in total. The molecule has 0 bridgehead atoms. The molecule has 25 heavy (non-hydrogen) atoms. The van der Waals surface area contributed by atoms with Crippen molar-refractivity contribution in [1.82, 2.24) is 15.3 Å². The minimum atomic E-state index is -0.811. The van der Waals surface area contributed by atoms with Crippen LogP contribution in [-0.2, 0) is 4.79 Å². The molecule has 0 aliphatic rings. The first-order valence-corrected chi connectivity index (χ1v) is 8.17. The average Bonchev–Trinajstić information content (AvgIpc) is 2.51. The van der Waals surface area contributed by atoms with Gasteiger partial charge in [0, 0.05) is 16.3 Å². The monoisotopic (exact) mass is 360 g/mol. The lowest BCUT2D eigenvalue weighted by molar-refractivity contribution is -0.122. The fraction of sp³-hybridized carbons (Fsp3) is 0.333. The number of hydrogen-bond donors (Lipinski definition) is 2. The Kier molecular flexibility index (Phi) is 5.42. The Bertz CT molecular complexity index is 798. The summed E-state index contributed by atoms with van der Waals surface area (Å²) in [5, 5.41) is 3.26. The molecule has 1 heterocycles. The fourth-order valence-corrected chi connectivity index (χ4v) is 2.46. The lowest BCUT2D eigenvalue weighted by Crippen LogP contribution is -2.52. The van der Waals surface area contributed by atoms with Crippen molar-refractivity contribution in [2.45, 2.75) is 33.7 Å². The van der Waals surface area contributed by atoms with Crippen molar-refractivity contribution in [3.63, 3.8) is 0 Å². The smallest absolute Gasteiger partial charge is 0.270 e. The van der Waals surface area contributed by atoms with Gasteiger partial charge in [-0.1, -0.05) is 32.4 Å². The van der Waals surface area contributed by atoms with E-state index in [2.05, 4.69) is 15.3 Å². The summed E-state index contributed by atoms with van der Waals surface area (Å²) in [6.07, 6.45) is 0. The van der Waals surface area contributed by atoms with Gasteiger partial charge in [-0.3, -0.25) is 9.59 Å². The van der Waals surface area contributed by atoms with E-state index >= 15 is 0 Å². The van der Waals surface area contributed by atoms with Crippen molar-refractivity contribution in [3.8, 4) is 11.4 Å². The average molecular weight is 361 g/mol. The highest BCUT2D eigenvalue weighted by Crippen LogP contribution is 2.21. The van der Waals surface area contributed by atoms with Crippen LogP contribution in [0, 0.1) is 12.3 Å². The van der Waals surface area contributed by atoms with Crippen molar-refractivity contribution in [1.29, 1.82) is 0 Å². The number of aromatic nitrogens is 2. The van der Waals surface area contributed by atoms with Crippen LogP contribution in [-0.4, -0.2) is 27.8 Å². The van der Waals surface area contributed by atoms with Gasteiger partial charge in [0.15, 0.2) is 5.82 Å². The largest absolute Gasteiger partial charge is 0.368 e. The fourth-order valence-electron chi connectivity index (χ4n) is 2.33. The van der Waals surface area contributed by atoms with E-state index in [-0.39, 0.29) is 5.69 Å². The topological polar surface area (TPSA) is 98.0 Å². The van der Waals surface area contributed by atoms with Gasteiger partial charge in [-0.15, -0.1) is 0 Å². The third-order valence-electron chi connectivity index (χ3n) is 3.62. The quantitative estimate of drug-likeness (QED) is 0.875. The zero-order chi connectivity index (χ0) is 18.8. The maximum atomic E-state index is 12.6. The third kappa shape index (κ3) is 4.76. The van der Waals surface area contributed by atoms with Crippen LogP contribution in [0.5, 0.6) is 0 Å². The van der Waals surface area contributed by atoms with Gasteiger partial charge < -0.3 is 11.1 Å². The van der Waals surface area contributed by atoms with Gasteiger partial charge >= 0.3 is 0 Å². The SMILES string of the molecule is Cc1cc(C(=O)N[C@@H](C(N)=O)C(C)(C)C)nc(-c2ccc(Cl)cc2)n1. The first-order chi connectivity index (χ1) is 11.6. The number of halogens is 1. The van der Waals surface area contributed by atoms with Crippen molar-refractivity contribution in [2.24, 2.45) is 11.1 Å². The lowest BCUT2D eigenvalue weighted by atomic mass is 9.86. The first-order valence-electron chi connectivity index (χ1n) is 7.80. The van der Waals surface area contributed by atoms with Crippen molar-refractivity contribution in [3.05, 3.63) is 46.7 Å². The number of hydrogen-bond acceptors (Lipinski definition) is 4. The number of nitrogens with two attached hydrogens (primary N) is 1. The van der Waals surface area contributed by atoms with Crippen LogP contribution >= 0.6 is 11.6 Å². The highest BCUT2D eigenvalue weighted by Gasteiger charge is 2.31. The molecule has 0 saturated heterocycles. The molecule has 132 valence electrons. The van der Waals surface area contributed by atoms with E-state index in [4.69, 9.17) is 17.3 Å². The van der Waals surface area contributed by atoms with Gasteiger partial charge in [0.1, 0.15) is 11.7 Å². The summed E-state index contributed by atoms with van der Waals surface area (Å²) in [7, 11) is 0. The van der Waals surface area contributed by atoms with Crippen LogP contribution in [0.2, 0.25) is 5.02 Å². The zero-order valence-electron chi connectivity index (χ0n) is 14.6. The molecule has 1 atom stereocenters. The number of amides is 2. The van der Waals surface area contributed by atoms with Crippen molar-refractivity contribution < 1.29 is 9.59 Å². The summed E-state index contributed by atoms with van der Waals surface area (Å²) < 4.78 is 0. The normalized spacial score (nSPS) is 12.5. The van der Waals surface area contributed by atoms with Crippen LogP contribution in [0.25, 0.3) is 11.4 Å². The Morgan fingerprint density at radius 3 is 2.28 bits per heavy atom. The summed E-state index contributed by atoms with van der Waals surface area (Å²) in [4.78, 5) is 32.9. The van der Waals surface area contributed by atoms with Crippen LogP contribution in [0.1, 0.15) is 37.0 Å². The molecular formula is C18H21ClN4O2. The number of aryl methyl sites for hydroxylation is 1. The molecular weight excluding hydrogens is 340 g/mol. The summed E-state index contributed by atoms with van der Waals surface area (Å²) in [5.41, 5.74) is 6.45. The molecule has 0 aliphatic carbocycles. The van der Waals surface area contributed by atoms with E-state index in [9.17, 15) is 9.59 Å². The number of nitrogens with zero attached hydrogens (tertiary/aromatic N) is 2. The Balaban J connectivity index is 2.34. The van der Waals surface area contributed by atoms with E-state index in [1.807, 2.05) is 20.8 Å². The summed E-state index contributed by atoms with van der Waals surface area (Å²) in [6.45, 7) is 7.25. The van der Waals surface area contributed by atoms with Crippen LogP contribution in [0.15, 0.2) is 30.3 Å². The standard InChI is InChI=1S/C18H21ClN4O2/c1-10-9-13(17(25)23-14(15(20)24)18(2,3)4)22-16(21-10)11-5-7-12(19)8-6-11/h5-9,14H,1-4H3,(H2,20,24)(H,23,25)/t14-/m0/s1. The molecule has 7 heteroatoms. The van der Waals surface area contributed by atoms with Gasteiger partial charge in [0.25, 0.3) is 5.91 Å². The second kappa shape index (κ2) is 7.19. The molecule has 0 unspecified atom stereocenters. The van der Waals surface area contributed by atoms with E-state index < -0.39 is 23.3 Å². The van der Waals surface area contributed by atoms with E-state index in [0.717, 1.165) is 5.56 Å². The Morgan fingerprint density at radius 1 is 1.16 bits per heavy atom. The number of benzene rings is 1. The molecule has 0 spiro atoms. The Hall–Kier alpha value is -2.47. The Morgan fingerprint density at radius 2 is 1.76 bits per heavy atom. The summed E-state index contributed by atoms with van der Waals surface area (Å²) in [6, 6.07) is 7.76. The predicted octanol–water partition coefficient (Wildman–Crippen LogP) is 2.74. The van der Waals surface area contributed by atoms with E-state index in [1.165, 1.54) is 0 Å². The Labute approximate surface area is 151 Å². The van der Waals surface area contributed by atoms with Gasteiger partial charge in [0.05, 0.1) is 0 Å². The van der Waals surface area contributed by atoms with Crippen LogP contribution in [0.4, 0.5) is 0 Å². The molecule has 0 saturated carbocycles. The van der Waals surface area contributed by atoms with Gasteiger partial charge in [-0.2, -0.15) is 0 Å². The number of primary amides is 1. The first kappa shape index (κ1) is 18.9. The minimum Gasteiger partial charge on any atom is -0.368 e. The maximum Gasteiger partial charge on any atom is 0.270 e. The summed E-state index contributed by atoms with van der Waals surface area (Å²) >= 11 is 5.89. The molecule has 2 amide bonds. The van der Waals surface area contributed by atoms with Crippen molar-refractivity contribution >= 4 is 23.4 Å². The van der Waals surface area contributed by atoms with Crippen molar-refractivity contribution in [2.75, 3.05) is 0 Å². The van der Waals surface area contributed by atoms with Gasteiger partial charge in [-0.05, 0) is 42.7 Å². The highest BCUT2D eigenvalue weighted by atomic mass is 35.5. The number of carbonyl (C=O) groups is 2.